The molecule has 1 aromatic heterocycles. The van der Waals surface area contributed by atoms with Crippen LogP contribution < -0.4 is 5.76 Å². The van der Waals surface area contributed by atoms with Crippen LogP contribution in [0.25, 0.3) is 0 Å². The van der Waals surface area contributed by atoms with E-state index in [9.17, 15) is 14.4 Å². The van der Waals surface area contributed by atoms with Crippen LogP contribution in [0, 0.1) is 11.8 Å². The van der Waals surface area contributed by atoms with Gasteiger partial charge in [0.25, 0.3) is 5.89 Å². The quantitative estimate of drug-likeness (QED) is 0.808. The van der Waals surface area contributed by atoms with Crippen LogP contribution in [-0.2, 0) is 4.79 Å². The highest BCUT2D eigenvalue weighted by molar-refractivity contribution is 5.98. The summed E-state index contributed by atoms with van der Waals surface area (Å²) in [7, 11) is 1.66. The van der Waals surface area contributed by atoms with Crippen molar-refractivity contribution in [1.82, 2.24) is 15.1 Å². The van der Waals surface area contributed by atoms with Crippen molar-refractivity contribution >= 4 is 11.7 Å². The minimum Gasteiger partial charge on any atom is -0.384 e. The topological polar surface area (TPSA) is 96.3 Å². The molecule has 7 heteroatoms. The van der Waals surface area contributed by atoms with E-state index < -0.39 is 17.6 Å². The number of amides is 1. The Bertz CT molecular complexity index is 598. The Hall–Kier alpha value is -1.92. The van der Waals surface area contributed by atoms with Gasteiger partial charge < -0.3 is 9.32 Å². The van der Waals surface area contributed by atoms with Crippen LogP contribution in [0.5, 0.6) is 0 Å². The molecule has 1 unspecified atom stereocenters. The molecule has 1 saturated carbocycles. The molecule has 2 rings (SSSR count). The number of hydrogen-bond acceptors (Lipinski definition) is 5. The Labute approximate surface area is 135 Å². The van der Waals surface area contributed by atoms with Crippen molar-refractivity contribution in [2.45, 2.75) is 58.4 Å². The van der Waals surface area contributed by atoms with Gasteiger partial charge in [-0.1, -0.05) is 33.1 Å². The molecule has 0 aromatic carbocycles. The normalized spacial score (nSPS) is 17.2. The van der Waals surface area contributed by atoms with Crippen molar-refractivity contribution < 1.29 is 14.0 Å². The largest absolute Gasteiger partial charge is 0.434 e. The minimum absolute atomic E-state index is 0.00147. The lowest BCUT2D eigenvalue weighted by Crippen LogP contribution is -2.46. The van der Waals surface area contributed by atoms with Crippen LogP contribution in [0.15, 0.2) is 9.21 Å². The molecule has 0 bridgehead atoms. The number of likely N-dealkylation sites (N-methyl/N-ethyl adjacent to an activating group) is 1. The van der Waals surface area contributed by atoms with E-state index in [0.29, 0.717) is 6.42 Å². The Morgan fingerprint density at radius 2 is 1.96 bits per heavy atom. The molecule has 0 aliphatic heterocycles. The number of ketones is 1. The van der Waals surface area contributed by atoms with Gasteiger partial charge in [-0.25, -0.2) is 9.89 Å². The van der Waals surface area contributed by atoms with Crippen molar-refractivity contribution in [3.05, 3.63) is 16.4 Å². The molecule has 1 N–H and O–H groups in total. The van der Waals surface area contributed by atoms with E-state index in [4.69, 9.17) is 4.42 Å². The number of carbonyl (C=O) groups excluding carboxylic acids is 2. The van der Waals surface area contributed by atoms with Gasteiger partial charge in [-0.15, -0.1) is 5.10 Å². The van der Waals surface area contributed by atoms with Gasteiger partial charge >= 0.3 is 5.76 Å². The zero-order chi connectivity index (χ0) is 17.0. The van der Waals surface area contributed by atoms with E-state index in [1.165, 1.54) is 11.3 Å². The zero-order valence-electron chi connectivity index (χ0n) is 14.0. The van der Waals surface area contributed by atoms with Crippen LogP contribution in [0.3, 0.4) is 0 Å². The highest BCUT2D eigenvalue weighted by atomic mass is 16.4. The van der Waals surface area contributed by atoms with Gasteiger partial charge in [-0.2, -0.15) is 0 Å². The fourth-order valence-electron chi connectivity index (χ4n) is 3.16. The van der Waals surface area contributed by atoms with E-state index in [2.05, 4.69) is 10.2 Å². The molecule has 1 aliphatic carbocycles. The first kappa shape index (κ1) is 17.4. The summed E-state index contributed by atoms with van der Waals surface area (Å²) in [6.45, 7) is 3.97. The second-order valence-corrected chi connectivity index (χ2v) is 6.71. The van der Waals surface area contributed by atoms with Gasteiger partial charge in [0.2, 0.25) is 11.7 Å². The highest BCUT2D eigenvalue weighted by Gasteiger charge is 2.34. The summed E-state index contributed by atoms with van der Waals surface area (Å²) in [4.78, 5) is 37.9. The van der Waals surface area contributed by atoms with Crippen LogP contribution in [0.2, 0.25) is 0 Å². The Kier molecular flexibility index (Phi) is 5.74. The highest BCUT2D eigenvalue weighted by Crippen LogP contribution is 2.27. The maximum absolute atomic E-state index is 12.7. The Morgan fingerprint density at radius 1 is 1.30 bits per heavy atom. The molecule has 0 saturated heterocycles. The summed E-state index contributed by atoms with van der Waals surface area (Å²) in [5.41, 5.74) is 0. The Morgan fingerprint density at radius 3 is 2.48 bits per heavy atom. The molecule has 1 fully saturated rings. The summed E-state index contributed by atoms with van der Waals surface area (Å²) in [5, 5.41) is 5.70. The van der Waals surface area contributed by atoms with Crippen LogP contribution in [-0.4, -0.2) is 39.9 Å². The van der Waals surface area contributed by atoms with E-state index >= 15 is 0 Å². The number of aromatic nitrogens is 2. The maximum atomic E-state index is 12.7. The van der Waals surface area contributed by atoms with Crippen LogP contribution in [0.1, 0.15) is 63.1 Å². The van der Waals surface area contributed by atoms with Crippen molar-refractivity contribution in [1.29, 1.82) is 0 Å². The molecule has 7 nitrogen and oxygen atoms in total. The third-order valence-corrected chi connectivity index (χ3v) is 4.42. The van der Waals surface area contributed by atoms with Crippen molar-refractivity contribution in [3.63, 3.8) is 0 Å². The van der Waals surface area contributed by atoms with Gasteiger partial charge in [0, 0.05) is 13.0 Å². The van der Waals surface area contributed by atoms with E-state index in [1.807, 2.05) is 13.8 Å². The molecular formula is C16H25N3O4. The summed E-state index contributed by atoms with van der Waals surface area (Å²) >= 11 is 0. The number of H-pyrrole nitrogens is 1. The molecular weight excluding hydrogens is 298 g/mol. The minimum atomic E-state index is -0.766. The number of Topliss-reactive ketones (excluding diaryl/α,β-unsaturated/α-hetero) is 1. The van der Waals surface area contributed by atoms with Gasteiger partial charge in [0.1, 0.15) is 6.04 Å². The van der Waals surface area contributed by atoms with E-state index in [1.54, 1.807) is 7.05 Å². The average Bonchev–Trinajstić information content (AvgIpc) is 2.97. The van der Waals surface area contributed by atoms with Gasteiger partial charge in [0.15, 0.2) is 0 Å². The third-order valence-electron chi connectivity index (χ3n) is 4.42. The third kappa shape index (κ3) is 4.30. The first-order valence-electron chi connectivity index (χ1n) is 8.26. The lowest BCUT2D eigenvalue weighted by molar-refractivity contribution is -0.136. The predicted molar refractivity (Wildman–Crippen MR) is 84.0 cm³/mol. The molecule has 1 aromatic rings. The number of carbonyl (C=O) groups is 2. The summed E-state index contributed by atoms with van der Waals surface area (Å²) in [6.07, 6.45) is 5.54. The van der Waals surface area contributed by atoms with Gasteiger partial charge in [0.05, 0.1) is 0 Å². The van der Waals surface area contributed by atoms with Crippen LogP contribution in [0.4, 0.5) is 0 Å². The second kappa shape index (κ2) is 7.57. The first-order chi connectivity index (χ1) is 10.9. The number of nitrogens with zero attached hydrogens (tertiary/aromatic N) is 2. The van der Waals surface area contributed by atoms with E-state index in [0.717, 1.165) is 25.7 Å². The fourth-order valence-corrected chi connectivity index (χ4v) is 3.16. The fraction of sp³-hybridized carbons (Fsp3) is 0.750. The lowest BCUT2D eigenvalue weighted by atomic mass is 9.87. The van der Waals surface area contributed by atoms with Crippen molar-refractivity contribution in [3.8, 4) is 0 Å². The van der Waals surface area contributed by atoms with Crippen molar-refractivity contribution in [2.24, 2.45) is 11.8 Å². The number of rotatable bonds is 6. The predicted octanol–water partition coefficient (Wildman–Crippen LogP) is 2.00. The van der Waals surface area contributed by atoms with Crippen LogP contribution >= 0.6 is 0 Å². The Balaban J connectivity index is 2.17. The van der Waals surface area contributed by atoms with Gasteiger partial charge in [-0.05, 0) is 25.2 Å². The van der Waals surface area contributed by atoms with E-state index in [-0.39, 0.29) is 23.6 Å². The number of hydrogen-bond donors (Lipinski definition) is 1. The number of nitrogens with one attached hydrogen (secondary N) is 1. The summed E-state index contributed by atoms with van der Waals surface area (Å²) < 4.78 is 4.77. The molecule has 1 amide bonds. The standard InChI is InChI=1S/C16H25N3O4/c1-10(2)9-12(13(20)14-17-18-16(22)23-14)19(3)15(21)11-7-5-4-6-8-11/h10-12H,4-9H2,1-3H3,(H,18,22). The summed E-state index contributed by atoms with van der Waals surface area (Å²) in [5.74, 6) is -1.24. The molecule has 0 spiro atoms. The number of aromatic amines is 1. The summed E-state index contributed by atoms with van der Waals surface area (Å²) in [6, 6.07) is -0.657. The second-order valence-electron chi connectivity index (χ2n) is 6.71. The molecule has 1 aliphatic rings. The smallest absolute Gasteiger partial charge is 0.384 e. The zero-order valence-corrected chi connectivity index (χ0v) is 14.0. The molecule has 23 heavy (non-hydrogen) atoms. The molecule has 1 atom stereocenters. The molecule has 1 heterocycles. The average molecular weight is 323 g/mol. The lowest BCUT2D eigenvalue weighted by Gasteiger charge is -2.32. The first-order valence-corrected chi connectivity index (χ1v) is 8.26. The molecule has 128 valence electrons. The van der Waals surface area contributed by atoms with Gasteiger partial charge in [-0.3, -0.25) is 9.59 Å². The SMILES string of the molecule is CC(C)CC(C(=O)c1n[nH]c(=O)o1)N(C)C(=O)C1CCCCC1. The monoisotopic (exact) mass is 323 g/mol. The van der Waals surface area contributed by atoms with Crippen molar-refractivity contribution in [2.75, 3.05) is 7.05 Å². The molecule has 0 radical (unpaired) electrons. The maximum Gasteiger partial charge on any atom is 0.434 e.